The first-order chi connectivity index (χ1) is 16.5. The highest BCUT2D eigenvalue weighted by Crippen LogP contribution is 2.28. The quantitative estimate of drug-likeness (QED) is 0.122. The van der Waals surface area contributed by atoms with Gasteiger partial charge in [0.1, 0.15) is 16.6 Å². The normalized spacial score (nSPS) is 11.0. The lowest BCUT2D eigenvalue weighted by atomic mass is 10.2. The van der Waals surface area contributed by atoms with Gasteiger partial charge in [0, 0.05) is 34.7 Å². The molecule has 0 amide bonds. The Kier molecular flexibility index (Phi) is 8.43. The summed E-state index contributed by atoms with van der Waals surface area (Å²) in [6, 6.07) is 14.1. The first-order valence-corrected chi connectivity index (χ1v) is 13.3. The second-order valence-electron chi connectivity index (χ2n) is 7.96. The van der Waals surface area contributed by atoms with Crippen molar-refractivity contribution in [3.63, 3.8) is 0 Å². The largest absolute Gasteiger partial charge is 0.493 e. The molecule has 0 saturated carbocycles. The first kappa shape index (κ1) is 24.5. The van der Waals surface area contributed by atoms with Crippen LogP contribution in [0, 0.1) is 13.8 Å². The number of aromatic nitrogens is 4. The number of hydrogen-bond donors (Lipinski definition) is 0. The van der Waals surface area contributed by atoms with E-state index in [0.29, 0.717) is 13.2 Å². The maximum absolute atomic E-state index is 6.02. The van der Waals surface area contributed by atoms with Crippen LogP contribution in [0.15, 0.2) is 65.7 Å². The Bertz CT molecular complexity index is 1250. The highest BCUT2D eigenvalue weighted by Gasteiger charge is 2.13. The molecule has 2 aromatic carbocycles. The van der Waals surface area contributed by atoms with E-state index in [-0.39, 0.29) is 0 Å². The van der Waals surface area contributed by atoms with Crippen molar-refractivity contribution < 1.29 is 4.74 Å². The monoisotopic (exact) mass is 510 g/mol. The molecule has 5 nitrogen and oxygen atoms in total. The second-order valence-corrected chi connectivity index (χ2v) is 10.2. The van der Waals surface area contributed by atoms with Crippen molar-refractivity contribution in [1.82, 2.24) is 19.7 Å². The van der Waals surface area contributed by atoms with Crippen LogP contribution in [0.2, 0.25) is 5.02 Å². The van der Waals surface area contributed by atoms with E-state index in [1.165, 1.54) is 5.56 Å². The number of halogens is 1. The molecule has 0 N–H and O–H groups in total. The van der Waals surface area contributed by atoms with Crippen molar-refractivity contribution >= 4 is 34.7 Å². The number of rotatable bonds is 11. The molecule has 176 valence electrons. The van der Waals surface area contributed by atoms with Crippen molar-refractivity contribution in [2.24, 2.45) is 0 Å². The number of benzene rings is 2. The molecule has 0 unspecified atom stereocenters. The molecule has 0 aliphatic carbocycles. The van der Waals surface area contributed by atoms with Crippen LogP contribution in [-0.4, -0.2) is 26.4 Å². The summed E-state index contributed by atoms with van der Waals surface area (Å²) >= 11 is 9.35. The van der Waals surface area contributed by atoms with E-state index in [1.54, 1.807) is 23.1 Å². The van der Waals surface area contributed by atoms with Gasteiger partial charge in [0.05, 0.1) is 12.3 Å². The summed E-state index contributed by atoms with van der Waals surface area (Å²) < 4.78 is 8.05. The minimum atomic E-state index is 0.604. The molecule has 0 radical (unpaired) electrons. The van der Waals surface area contributed by atoms with Gasteiger partial charge < -0.3 is 9.30 Å². The zero-order chi connectivity index (χ0) is 23.9. The van der Waals surface area contributed by atoms with Crippen LogP contribution in [0.5, 0.6) is 5.75 Å². The highest BCUT2D eigenvalue weighted by molar-refractivity contribution is 7.98. The highest BCUT2D eigenvalue weighted by atomic mass is 35.5. The molecule has 4 aromatic rings. The Morgan fingerprint density at radius 3 is 2.74 bits per heavy atom. The van der Waals surface area contributed by atoms with Gasteiger partial charge in [-0.3, -0.25) is 0 Å². The molecule has 8 heteroatoms. The molecule has 2 aromatic heterocycles. The number of allylic oxidation sites excluding steroid dienone is 1. The average Bonchev–Trinajstić information content (AvgIpc) is 3.45. The molecule has 0 atom stereocenters. The number of aryl methyl sites for hydroxylation is 3. The minimum absolute atomic E-state index is 0.604. The zero-order valence-electron chi connectivity index (χ0n) is 19.3. The van der Waals surface area contributed by atoms with E-state index < -0.39 is 0 Å². The summed E-state index contributed by atoms with van der Waals surface area (Å²) in [6.45, 7) is 9.27. The molecule has 34 heavy (non-hydrogen) atoms. The predicted molar refractivity (Wildman–Crippen MR) is 142 cm³/mol. The Labute approximate surface area is 213 Å². The Hall–Kier alpha value is -2.61. The van der Waals surface area contributed by atoms with Gasteiger partial charge in [-0.1, -0.05) is 59.3 Å². The maximum atomic E-state index is 6.02. The Balaban J connectivity index is 1.33. The van der Waals surface area contributed by atoms with Gasteiger partial charge in [0.25, 0.3) is 0 Å². The third-order valence-corrected chi connectivity index (χ3v) is 7.42. The number of hydrogen-bond acceptors (Lipinski definition) is 6. The summed E-state index contributed by atoms with van der Waals surface area (Å²) in [6.07, 6.45) is 3.50. The molecular weight excluding hydrogens is 484 g/mol. The SMILES string of the molecule is C=CCn1c(CCCOc2ccc(Cl)cc2C)nnc1SCc1csc(-c2ccc(C)cc2)n1. The van der Waals surface area contributed by atoms with E-state index >= 15 is 0 Å². The van der Waals surface area contributed by atoms with E-state index in [4.69, 9.17) is 21.3 Å². The van der Waals surface area contributed by atoms with Gasteiger partial charge in [-0.2, -0.15) is 0 Å². The van der Waals surface area contributed by atoms with Crippen molar-refractivity contribution in [1.29, 1.82) is 0 Å². The summed E-state index contributed by atoms with van der Waals surface area (Å²) in [5, 5.41) is 13.6. The van der Waals surface area contributed by atoms with Gasteiger partial charge in [-0.15, -0.1) is 28.1 Å². The van der Waals surface area contributed by atoms with Crippen molar-refractivity contribution in [2.75, 3.05) is 6.61 Å². The van der Waals surface area contributed by atoms with Crippen LogP contribution >= 0.6 is 34.7 Å². The van der Waals surface area contributed by atoms with Gasteiger partial charge in [-0.25, -0.2) is 4.98 Å². The molecule has 0 fully saturated rings. The van der Waals surface area contributed by atoms with Gasteiger partial charge in [-0.05, 0) is 44.0 Å². The fourth-order valence-corrected chi connectivity index (χ4v) is 5.47. The smallest absolute Gasteiger partial charge is 0.191 e. The lowest BCUT2D eigenvalue weighted by Crippen LogP contribution is -2.07. The lowest BCUT2D eigenvalue weighted by molar-refractivity contribution is 0.307. The van der Waals surface area contributed by atoms with Crippen molar-refractivity contribution in [3.05, 3.63) is 88.2 Å². The third-order valence-electron chi connectivity index (χ3n) is 5.24. The summed E-state index contributed by atoms with van der Waals surface area (Å²) in [7, 11) is 0. The predicted octanol–water partition coefficient (Wildman–Crippen LogP) is 7.16. The Morgan fingerprint density at radius 2 is 1.97 bits per heavy atom. The topological polar surface area (TPSA) is 52.8 Å². The standard InChI is InChI=1S/C26H27ClN4OS2/c1-4-13-31-24(6-5-14-32-23-12-11-21(27)15-19(23)3)29-30-26(31)34-17-22-16-33-25(28-22)20-9-7-18(2)8-10-20/h4,7-12,15-16H,1,5-6,13-14,17H2,2-3H3. The van der Waals surface area contributed by atoms with Gasteiger partial charge in [0.2, 0.25) is 0 Å². The molecule has 0 spiro atoms. The van der Waals surface area contributed by atoms with Crippen LogP contribution in [-0.2, 0) is 18.7 Å². The third kappa shape index (κ3) is 6.29. The van der Waals surface area contributed by atoms with Gasteiger partial charge in [0.15, 0.2) is 5.16 Å². The number of thioether (sulfide) groups is 1. The molecule has 0 aliphatic heterocycles. The number of thiazole rings is 1. The zero-order valence-corrected chi connectivity index (χ0v) is 21.7. The van der Waals surface area contributed by atoms with E-state index in [9.17, 15) is 0 Å². The van der Waals surface area contributed by atoms with Crippen LogP contribution in [0.3, 0.4) is 0 Å². The molecule has 4 rings (SSSR count). The second kappa shape index (κ2) is 11.7. The fraction of sp³-hybridized carbons (Fsp3) is 0.269. The van der Waals surface area contributed by atoms with Crippen molar-refractivity contribution in [2.45, 2.75) is 44.1 Å². The van der Waals surface area contributed by atoms with Crippen molar-refractivity contribution in [3.8, 4) is 16.3 Å². The first-order valence-electron chi connectivity index (χ1n) is 11.1. The minimum Gasteiger partial charge on any atom is -0.493 e. The average molecular weight is 511 g/mol. The van der Waals surface area contributed by atoms with Crippen LogP contribution in [0.25, 0.3) is 10.6 Å². The van der Waals surface area contributed by atoms with Crippen LogP contribution in [0.4, 0.5) is 0 Å². The summed E-state index contributed by atoms with van der Waals surface area (Å²) in [4.78, 5) is 4.80. The van der Waals surface area contributed by atoms with Crippen LogP contribution in [0.1, 0.15) is 29.1 Å². The molecular formula is C26H27ClN4OS2. The van der Waals surface area contributed by atoms with E-state index in [2.05, 4.69) is 57.9 Å². The molecule has 2 heterocycles. The molecule has 0 aliphatic rings. The maximum Gasteiger partial charge on any atom is 0.191 e. The molecule has 0 saturated heterocycles. The van der Waals surface area contributed by atoms with Crippen LogP contribution < -0.4 is 4.74 Å². The fourth-order valence-electron chi connectivity index (χ4n) is 3.45. The van der Waals surface area contributed by atoms with E-state index in [0.717, 1.165) is 62.2 Å². The van der Waals surface area contributed by atoms with Gasteiger partial charge >= 0.3 is 0 Å². The summed E-state index contributed by atoms with van der Waals surface area (Å²) in [5.41, 5.74) is 4.49. The number of nitrogens with zero attached hydrogens (tertiary/aromatic N) is 4. The summed E-state index contributed by atoms with van der Waals surface area (Å²) in [5.74, 6) is 2.55. The Morgan fingerprint density at radius 1 is 1.15 bits per heavy atom. The molecule has 0 bridgehead atoms. The lowest BCUT2D eigenvalue weighted by Gasteiger charge is -2.10. The number of ether oxygens (including phenoxy) is 1. The van der Waals surface area contributed by atoms with E-state index in [1.807, 2.05) is 31.2 Å².